The van der Waals surface area contributed by atoms with Crippen molar-refractivity contribution in [2.45, 2.75) is 58.5 Å². The molecule has 0 radical (unpaired) electrons. The van der Waals surface area contributed by atoms with Crippen LogP contribution in [0.5, 0.6) is 0 Å². The number of aliphatic hydroxyl groups excluding tert-OH is 1. The Labute approximate surface area is 105 Å². The van der Waals surface area contributed by atoms with Crippen molar-refractivity contribution in [1.82, 2.24) is 0 Å². The lowest BCUT2D eigenvalue weighted by Crippen LogP contribution is -2.42. The Morgan fingerprint density at radius 1 is 1.53 bits per heavy atom. The van der Waals surface area contributed by atoms with Gasteiger partial charge in [0.05, 0.1) is 6.61 Å². The Morgan fingerprint density at radius 3 is 2.88 bits per heavy atom. The van der Waals surface area contributed by atoms with Crippen LogP contribution in [0, 0.1) is 17.3 Å². The zero-order valence-electron chi connectivity index (χ0n) is 11.4. The van der Waals surface area contributed by atoms with Gasteiger partial charge in [-0.05, 0) is 49.0 Å². The van der Waals surface area contributed by atoms with Crippen molar-refractivity contribution in [3.63, 3.8) is 0 Å². The summed E-state index contributed by atoms with van der Waals surface area (Å²) in [4.78, 5) is 0. The van der Waals surface area contributed by atoms with E-state index in [0.29, 0.717) is 11.3 Å². The fraction of sp³-hybridized carbons (Fsp3) is 0.867. The van der Waals surface area contributed by atoms with Crippen molar-refractivity contribution in [2.75, 3.05) is 6.61 Å². The average molecular weight is 238 g/mol. The first-order chi connectivity index (χ1) is 7.89. The van der Waals surface area contributed by atoms with E-state index in [1.165, 1.54) is 19.3 Å². The van der Waals surface area contributed by atoms with Crippen molar-refractivity contribution in [3.8, 4) is 0 Å². The predicted molar refractivity (Wildman–Crippen MR) is 69.6 cm³/mol. The number of allylic oxidation sites excluding steroid dienone is 1. The molecule has 1 fully saturated rings. The Hall–Kier alpha value is -0.340. The van der Waals surface area contributed by atoms with E-state index in [4.69, 9.17) is 0 Å². The van der Waals surface area contributed by atoms with Gasteiger partial charge in [-0.1, -0.05) is 32.8 Å². The van der Waals surface area contributed by atoms with Gasteiger partial charge in [0, 0.05) is 0 Å². The number of rotatable bonds is 2. The maximum atomic E-state index is 10.2. The minimum absolute atomic E-state index is 0.170. The van der Waals surface area contributed by atoms with Crippen molar-refractivity contribution in [1.29, 1.82) is 0 Å². The second-order valence-electron chi connectivity index (χ2n) is 6.70. The summed E-state index contributed by atoms with van der Waals surface area (Å²) in [6, 6.07) is 0. The van der Waals surface area contributed by atoms with Crippen LogP contribution >= 0.6 is 0 Å². The van der Waals surface area contributed by atoms with Gasteiger partial charge in [0.2, 0.25) is 0 Å². The highest BCUT2D eigenvalue weighted by Gasteiger charge is 2.44. The molecule has 2 nitrogen and oxygen atoms in total. The molecule has 2 heteroatoms. The molecule has 2 aliphatic carbocycles. The van der Waals surface area contributed by atoms with Gasteiger partial charge in [-0.3, -0.25) is 0 Å². The molecule has 2 N–H and O–H groups in total. The van der Waals surface area contributed by atoms with Gasteiger partial charge >= 0.3 is 0 Å². The zero-order chi connectivity index (χ0) is 12.7. The molecule has 0 heterocycles. The molecule has 0 saturated heterocycles. The van der Waals surface area contributed by atoms with Crippen molar-refractivity contribution in [3.05, 3.63) is 11.6 Å². The van der Waals surface area contributed by atoms with Crippen molar-refractivity contribution in [2.24, 2.45) is 17.3 Å². The van der Waals surface area contributed by atoms with Gasteiger partial charge < -0.3 is 10.2 Å². The Bertz CT molecular complexity index is 319. The van der Waals surface area contributed by atoms with Crippen LogP contribution in [0.3, 0.4) is 0 Å². The van der Waals surface area contributed by atoms with Crippen LogP contribution in [0.15, 0.2) is 11.6 Å². The molecule has 0 aliphatic heterocycles. The van der Waals surface area contributed by atoms with E-state index in [2.05, 4.69) is 19.9 Å². The van der Waals surface area contributed by atoms with Gasteiger partial charge in [0.1, 0.15) is 5.60 Å². The summed E-state index contributed by atoms with van der Waals surface area (Å²) in [7, 11) is 0. The number of aliphatic hydroxyl groups is 2. The van der Waals surface area contributed by atoms with E-state index in [9.17, 15) is 10.2 Å². The first-order valence-electron chi connectivity index (χ1n) is 6.92. The van der Waals surface area contributed by atoms with Crippen LogP contribution in [0.4, 0.5) is 0 Å². The minimum atomic E-state index is -1.02. The fourth-order valence-electron chi connectivity index (χ4n) is 3.82. The van der Waals surface area contributed by atoms with Gasteiger partial charge in [0.15, 0.2) is 0 Å². The minimum Gasteiger partial charge on any atom is -0.393 e. The highest BCUT2D eigenvalue weighted by Crippen LogP contribution is 2.53. The standard InChI is InChI=1S/C15H26O2/c1-11-5-4-7-14(2)8-6-12(9-13(11)14)15(3,17)10-16/h6,11,13,16-17H,4-5,7-10H2,1-3H3/t11-,13+,14+,15+/m0/s1. The highest BCUT2D eigenvalue weighted by molar-refractivity contribution is 5.21. The molecule has 1 saturated carbocycles. The molecule has 2 aliphatic rings. The Morgan fingerprint density at radius 2 is 2.24 bits per heavy atom. The third kappa shape index (κ3) is 2.30. The smallest absolute Gasteiger partial charge is 0.106 e. The van der Waals surface area contributed by atoms with E-state index < -0.39 is 5.60 Å². The molecule has 0 bridgehead atoms. The van der Waals surface area contributed by atoms with Gasteiger partial charge in [-0.25, -0.2) is 0 Å². The molecule has 4 atom stereocenters. The topological polar surface area (TPSA) is 40.5 Å². The van der Waals surface area contributed by atoms with E-state index in [1.54, 1.807) is 6.92 Å². The maximum Gasteiger partial charge on any atom is 0.106 e. The molecule has 0 spiro atoms. The third-order valence-corrected chi connectivity index (χ3v) is 5.24. The van der Waals surface area contributed by atoms with E-state index in [-0.39, 0.29) is 6.61 Å². The summed E-state index contributed by atoms with van der Waals surface area (Å²) >= 11 is 0. The SMILES string of the molecule is C[C@H]1CCC[C@]2(C)CC=C([C@](C)(O)CO)C[C@H]12. The summed E-state index contributed by atoms with van der Waals surface area (Å²) in [5.74, 6) is 1.42. The molecule has 0 aromatic heterocycles. The van der Waals surface area contributed by atoms with E-state index in [1.807, 2.05) is 0 Å². The second kappa shape index (κ2) is 4.40. The van der Waals surface area contributed by atoms with Crippen LogP contribution in [0.2, 0.25) is 0 Å². The fourth-order valence-corrected chi connectivity index (χ4v) is 3.82. The lowest BCUT2D eigenvalue weighted by atomic mass is 9.56. The molecule has 0 amide bonds. The number of hydrogen-bond donors (Lipinski definition) is 2. The largest absolute Gasteiger partial charge is 0.393 e. The zero-order valence-corrected chi connectivity index (χ0v) is 11.4. The lowest BCUT2D eigenvalue weighted by Gasteiger charge is -2.49. The summed E-state index contributed by atoms with van der Waals surface area (Å²) in [5, 5.41) is 19.5. The normalized spacial score (nSPS) is 41.4. The number of hydrogen-bond acceptors (Lipinski definition) is 2. The van der Waals surface area contributed by atoms with Crippen LogP contribution in [0.1, 0.15) is 52.9 Å². The maximum absolute atomic E-state index is 10.2. The first kappa shape index (κ1) is 13.1. The van der Waals surface area contributed by atoms with Crippen LogP contribution in [-0.4, -0.2) is 22.4 Å². The van der Waals surface area contributed by atoms with E-state index >= 15 is 0 Å². The summed E-state index contributed by atoms with van der Waals surface area (Å²) in [5.41, 5.74) is 0.460. The molecule has 0 aromatic rings. The monoisotopic (exact) mass is 238 g/mol. The summed E-state index contributed by atoms with van der Waals surface area (Å²) in [6.45, 7) is 6.30. The Balaban J connectivity index is 2.22. The first-order valence-corrected chi connectivity index (χ1v) is 6.92. The van der Waals surface area contributed by atoms with Crippen LogP contribution < -0.4 is 0 Å². The van der Waals surface area contributed by atoms with Crippen LogP contribution in [0.25, 0.3) is 0 Å². The molecule has 0 aromatic carbocycles. The van der Waals surface area contributed by atoms with Gasteiger partial charge in [-0.2, -0.15) is 0 Å². The predicted octanol–water partition coefficient (Wildman–Crippen LogP) is 2.89. The third-order valence-electron chi connectivity index (χ3n) is 5.24. The highest BCUT2D eigenvalue weighted by atomic mass is 16.3. The molecule has 2 rings (SSSR count). The van der Waals surface area contributed by atoms with Crippen molar-refractivity contribution < 1.29 is 10.2 Å². The lowest BCUT2D eigenvalue weighted by molar-refractivity contribution is 0.00545. The summed E-state index contributed by atoms with van der Waals surface area (Å²) < 4.78 is 0. The molecular formula is C15H26O2. The average Bonchev–Trinajstić information content (AvgIpc) is 2.28. The quantitative estimate of drug-likeness (QED) is 0.726. The molecule has 98 valence electrons. The molecule has 17 heavy (non-hydrogen) atoms. The second-order valence-corrected chi connectivity index (χ2v) is 6.70. The molecular weight excluding hydrogens is 212 g/mol. The van der Waals surface area contributed by atoms with Gasteiger partial charge in [-0.15, -0.1) is 0 Å². The van der Waals surface area contributed by atoms with E-state index in [0.717, 1.165) is 24.3 Å². The summed E-state index contributed by atoms with van der Waals surface area (Å²) in [6.07, 6.45) is 8.18. The molecule has 0 unspecified atom stereocenters. The number of fused-ring (bicyclic) bond motifs is 1. The van der Waals surface area contributed by atoms with Crippen molar-refractivity contribution >= 4 is 0 Å². The Kier molecular flexibility index (Phi) is 3.39. The van der Waals surface area contributed by atoms with Crippen LogP contribution in [-0.2, 0) is 0 Å². The van der Waals surface area contributed by atoms with Gasteiger partial charge in [0.25, 0.3) is 0 Å².